The van der Waals surface area contributed by atoms with Crippen LogP contribution in [-0.4, -0.2) is 28.0 Å². The molecule has 3 rings (SSSR count). The molecule has 0 saturated carbocycles. The van der Waals surface area contributed by atoms with E-state index in [1.807, 2.05) is 0 Å². The lowest BCUT2D eigenvalue weighted by Gasteiger charge is -2.02. The van der Waals surface area contributed by atoms with Gasteiger partial charge in [-0.2, -0.15) is 0 Å². The molecule has 0 bridgehead atoms. The van der Waals surface area contributed by atoms with Crippen LogP contribution in [0.2, 0.25) is 0 Å². The van der Waals surface area contributed by atoms with Crippen LogP contribution >= 0.6 is 11.8 Å². The number of carbonyl (C=O) groups excluding carboxylic acids is 1. The second-order valence-corrected chi connectivity index (χ2v) is 5.13. The normalized spacial score (nSPS) is 10.8. The maximum atomic E-state index is 11.6. The third-order valence-electron chi connectivity index (χ3n) is 2.89. The Morgan fingerprint density at radius 2 is 2.23 bits per heavy atom. The van der Waals surface area contributed by atoms with E-state index in [1.165, 1.54) is 36.1 Å². The molecule has 0 aliphatic carbocycles. The molecule has 8 nitrogen and oxygen atoms in total. The number of nitrogens with two attached hydrogens (primary N) is 1. The summed E-state index contributed by atoms with van der Waals surface area (Å²) in [4.78, 5) is 11.6. The van der Waals surface area contributed by atoms with E-state index in [1.54, 1.807) is 18.2 Å². The lowest BCUT2D eigenvalue weighted by molar-refractivity contribution is 0.0598. The molecule has 2 N–H and O–H groups in total. The van der Waals surface area contributed by atoms with Gasteiger partial charge >= 0.3 is 5.97 Å². The maximum Gasteiger partial charge on any atom is 0.341 e. The minimum atomic E-state index is -0.449. The van der Waals surface area contributed by atoms with Crippen LogP contribution in [0.25, 0.3) is 11.6 Å². The van der Waals surface area contributed by atoms with Gasteiger partial charge in [-0.1, -0.05) is 11.8 Å². The number of hydrogen-bond donors (Lipinski definition) is 1. The number of carbonyl (C=O) groups is 1. The Bertz CT molecular complexity index is 778. The van der Waals surface area contributed by atoms with Crippen molar-refractivity contribution >= 4 is 17.7 Å². The molecular formula is C13H12N4O4S. The average molecular weight is 320 g/mol. The summed E-state index contributed by atoms with van der Waals surface area (Å²) >= 11 is 1.29. The van der Waals surface area contributed by atoms with E-state index in [0.717, 1.165) is 0 Å². The largest absolute Gasteiger partial charge is 0.468 e. The van der Waals surface area contributed by atoms with Crippen molar-refractivity contribution in [1.29, 1.82) is 0 Å². The molecule has 0 saturated heterocycles. The highest BCUT2D eigenvalue weighted by molar-refractivity contribution is 7.98. The van der Waals surface area contributed by atoms with E-state index in [-0.39, 0.29) is 0 Å². The van der Waals surface area contributed by atoms with E-state index in [4.69, 9.17) is 14.7 Å². The van der Waals surface area contributed by atoms with Crippen molar-refractivity contribution in [2.24, 2.45) is 0 Å². The van der Waals surface area contributed by atoms with Crippen LogP contribution in [0.15, 0.2) is 44.7 Å². The fourth-order valence-electron chi connectivity index (χ4n) is 1.82. The monoisotopic (exact) mass is 320 g/mol. The third-order valence-corrected chi connectivity index (χ3v) is 3.83. The van der Waals surface area contributed by atoms with Gasteiger partial charge < -0.3 is 19.4 Å². The molecule has 0 radical (unpaired) electrons. The SMILES string of the molecule is COC(=O)c1ccoc1CSc1nnc(-c2ccco2)n1N. The summed E-state index contributed by atoms with van der Waals surface area (Å²) in [5.41, 5.74) is 0.379. The van der Waals surface area contributed by atoms with Crippen LogP contribution < -0.4 is 5.84 Å². The van der Waals surface area contributed by atoms with E-state index >= 15 is 0 Å². The lowest BCUT2D eigenvalue weighted by Crippen LogP contribution is -2.11. The zero-order chi connectivity index (χ0) is 15.5. The first kappa shape index (κ1) is 14.3. The summed E-state index contributed by atoms with van der Waals surface area (Å²) in [6, 6.07) is 5.04. The highest BCUT2D eigenvalue weighted by atomic mass is 32.2. The Hall–Kier alpha value is -2.68. The summed E-state index contributed by atoms with van der Waals surface area (Å²) in [7, 11) is 1.32. The Morgan fingerprint density at radius 3 is 2.95 bits per heavy atom. The molecule has 3 aromatic rings. The molecule has 3 heterocycles. The zero-order valence-electron chi connectivity index (χ0n) is 11.6. The number of hydrogen-bond acceptors (Lipinski definition) is 8. The first-order valence-electron chi connectivity index (χ1n) is 6.22. The van der Waals surface area contributed by atoms with E-state index in [9.17, 15) is 4.79 Å². The molecule has 22 heavy (non-hydrogen) atoms. The van der Waals surface area contributed by atoms with Crippen molar-refractivity contribution in [1.82, 2.24) is 14.9 Å². The van der Waals surface area contributed by atoms with Gasteiger partial charge in [0.1, 0.15) is 11.3 Å². The van der Waals surface area contributed by atoms with Crippen molar-refractivity contribution in [3.8, 4) is 11.6 Å². The molecule has 3 aromatic heterocycles. The van der Waals surface area contributed by atoms with Crippen molar-refractivity contribution in [2.45, 2.75) is 10.9 Å². The number of methoxy groups -OCH3 is 1. The summed E-state index contributed by atoms with van der Waals surface area (Å²) in [6.07, 6.45) is 2.96. The summed E-state index contributed by atoms with van der Waals surface area (Å²) < 4.78 is 16.5. The summed E-state index contributed by atoms with van der Waals surface area (Å²) in [5, 5.41) is 8.45. The zero-order valence-corrected chi connectivity index (χ0v) is 12.4. The smallest absolute Gasteiger partial charge is 0.341 e. The fourth-order valence-corrected chi connectivity index (χ4v) is 2.63. The van der Waals surface area contributed by atoms with Gasteiger partial charge in [0.15, 0.2) is 5.76 Å². The van der Waals surface area contributed by atoms with Crippen LogP contribution in [0.5, 0.6) is 0 Å². The highest BCUT2D eigenvalue weighted by Gasteiger charge is 2.18. The highest BCUT2D eigenvalue weighted by Crippen LogP contribution is 2.26. The van der Waals surface area contributed by atoms with Crippen molar-refractivity contribution < 1.29 is 18.4 Å². The maximum absolute atomic E-state index is 11.6. The van der Waals surface area contributed by atoms with Crippen LogP contribution in [-0.2, 0) is 10.5 Å². The number of rotatable bonds is 5. The molecule has 0 amide bonds. The quantitative estimate of drug-likeness (QED) is 0.431. The molecule has 0 fully saturated rings. The van der Waals surface area contributed by atoms with Gasteiger partial charge in [-0.15, -0.1) is 10.2 Å². The summed E-state index contributed by atoms with van der Waals surface area (Å²) in [5.74, 6) is 7.29. The third kappa shape index (κ3) is 2.58. The van der Waals surface area contributed by atoms with Gasteiger partial charge in [-0.25, -0.2) is 9.47 Å². The molecule has 0 spiro atoms. The number of nitrogens with zero attached hydrogens (tertiary/aromatic N) is 3. The van der Waals surface area contributed by atoms with Crippen LogP contribution in [0.1, 0.15) is 16.1 Å². The van der Waals surface area contributed by atoms with Gasteiger partial charge in [0.25, 0.3) is 0 Å². The minimum Gasteiger partial charge on any atom is -0.468 e. The van der Waals surface area contributed by atoms with Gasteiger partial charge in [0.05, 0.1) is 25.4 Å². The Morgan fingerprint density at radius 1 is 1.36 bits per heavy atom. The predicted molar refractivity (Wildman–Crippen MR) is 77.5 cm³/mol. The second-order valence-electron chi connectivity index (χ2n) is 4.19. The molecule has 0 unspecified atom stereocenters. The number of furan rings is 2. The van der Waals surface area contributed by atoms with Crippen LogP contribution in [0.3, 0.4) is 0 Å². The summed E-state index contributed by atoms with van der Waals surface area (Å²) in [6.45, 7) is 0. The number of ether oxygens (including phenoxy) is 1. The van der Waals surface area contributed by atoms with Crippen molar-refractivity contribution in [3.05, 3.63) is 42.0 Å². The molecular weight excluding hydrogens is 308 g/mol. The Kier molecular flexibility index (Phi) is 3.88. The lowest BCUT2D eigenvalue weighted by atomic mass is 10.3. The number of thioether (sulfide) groups is 1. The van der Waals surface area contributed by atoms with E-state index in [2.05, 4.69) is 14.9 Å². The predicted octanol–water partition coefficient (Wildman–Crippen LogP) is 1.92. The van der Waals surface area contributed by atoms with Gasteiger partial charge in [0.2, 0.25) is 11.0 Å². The van der Waals surface area contributed by atoms with Crippen LogP contribution in [0, 0.1) is 0 Å². The van der Waals surface area contributed by atoms with Crippen molar-refractivity contribution in [2.75, 3.05) is 13.0 Å². The van der Waals surface area contributed by atoms with Gasteiger partial charge in [-0.05, 0) is 18.2 Å². The standard InChI is InChI=1S/C13H12N4O4S/c1-19-12(18)8-4-6-21-10(8)7-22-13-16-15-11(17(13)14)9-3-2-5-20-9/h2-6H,7,14H2,1H3. The number of aromatic nitrogens is 3. The molecule has 114 valence electrons. The molecule has 0 aliphatic rings. The van der Waals surface area contributed by atoms with Gasteiger partial charge in [-0.3, -0.25) is 0 Å². The first-order chi connectivity index (χ1) is 10.7. The first-order valence-corrected chi connectivity index (χ1v) is 7.21. The van der Waals surface area contributed by atoms with Gasteiger partial charge in [0, 0.05) is 0 Å². The number of esters is 1. The molecule has 0 aliphatic heterocycles. The topological polar surface area (TPSA) is 109 Å². The Labute approximate surface area is 129 Å². The second kappa shape index (κ2) is 5.98. The molecule has 0 atom stereocenters. The van der Waals surface area contributed by atoms with Crippen molar-refractivity contribution in [3.63, 3.8) is 0 Å². The number of nitrogen functional groups attached to an aromatic ring is 1. The average Bonchev–Trinajstić information content (AvgIpc) is 3.25. The van der Waals surface area contributed by atoms with E-state index in [0.29, 0.717) is 33.8 Å². The molecule has 9 heteroatoms. The molecule has 0 aromatic carbocycles. The van der Waals surface area contributed by atoms with E-state index < -0.39 is 5.97 Å². The van der Waals surface area contributed by atoms with Crippen LogP contribution in [0.4, 0.5) is 0 Å². The fraction of sp³-hybridized carbons (Fsp3) is 0.154. The minimum absolute atomic E-state index is 0.366. The Balaban J connectivity index is 1.75.